The number of para-hydroxylation sites is 3. The summed E-state index contributed by atoms with van der Waals surface area (Å²) in [6.07, 6.45) is 0. The van der Waals surface area contributed by atoms with Crippen molar-refractivity contribution in [1.29, 1.82) is 0 Å². The van der Waals surface area contributed by atoms with E-state index in [1.54, 1.807) is 0 Å². The van der Waals surface area contributed by atoms with Crippen LogP contribution in [-0.2, 0) is 0 Å². The van der Waals surface area contributed by atoms with Gasteiger partial charge in [0.25, 0.3) is 0 Å². The lowest BCUT2D eigenvalue weighted by atomic mass is 10.0. The van der Waals surface area contributed by atoms with Crippen molar-refractivity contribution >= 4 is 174 Å². The topological polar surface area (TPSA) is 30.4 Å². The monoisotopic (exact) mass is 1600 g/mol. The van der Waals surface area contributed by atoms with Gasteiger partial charge in [-0.2, -0.15) is 0 Å². The zero-order valence-electron chi connectivity index (χ0n) is 59.6. The van der Waals surface area contributed by atoms with Crippen molar-refractivity contribution in [3.8, 4) is 39.1 Å². The molecule has 0 amide bonds. The summed E-state index contributed by atoms with van der Waals surface area (Å²) in [5.74, 6) is 0. The summed E-state index contributed by atoms with van der Waals surface area (Å²) in [6.45, 7) is 6.36. The molecule has 0 aliphatic heterocycles. The Hall–Kier alpha value is -11.8. The number of aromatic nitrogens is 2. The van der Waals surface area contributed by atoms with Crippen LogP contribution in [0.4, 0.5) is 51.2 Å². The van der Waals surface area contributed by atoms with Crippen LogP contribution in [-0.4, -0.2) is 9.55 Å². The number of thiophene rings is 1. The molecule has 0 unspecified atom stereocenters. The van der Waals surface area contributed by atoms with Gasteiger partial charge in [0.05, 0.1) is 11.0 Å². The molecule has 0 spiro atoms. The molecule has 3 heterocycles. The van der Waals surface area contributed by atoms with Crippen LogP contribution in [0.3, 0.4) is 0 Å². The highest BCUT2D eigenvalue weighted by Gasteiger charge is 2.20. The van der Waals surface area contributed by atoms with E-state index in [4.69, 9.17) is 0 Å². The Morgan fingerprint density at radius 2 is 0.611 bits per heavy atom. The number of aryl methyl sites for hydroxylation is 3. The van der Waals surface area contributed by atoms with Crippen molar-refractivity contribution in [3.05, 3.63) is 406 Å². The number of hydrogen-bond acceptors (Lipinski definition) is 4. The summed E-state index contributed by atoms with van der Waals surface area (Å²) in [7, 11) is 0. The fourth-order valence-corrected chi connectivity index (χ4v) is 16.6. The number of anilines is 9. The van der Waals surface area contributed by atoms with E-state index in [2.05, 4.69) is 469 Å². The lowest BCUT2D eigenvalue weighted by Crippen LogP contribution is -2.09. The van der Waals surface area contributed by atoms with Gasteiger partial charge in [-0.05, 0) is 254 Å². The van der Waals surface area contributed by atoms with Crippen molar-refractivity contribution in [2.75, 3.05) is 14.7 Å². The van der Waals surface area contributed by atoms with Gasteiger partial charge < -0.3 is 24.3 Å². The second kappa shape index (κ2) is 30.6. The fourth-order valence-electron chi connectivity index (χ4n) is 14.6. The predicted octanol–water partition coefficient (Wildman–Crippen LogP) is 30.8. The molecular formula is C99H72Br3N5S. The lowest BCUT2D eigenvalue weighted by Gasteiger charge is -2.26. The molecule has 1 N–H and O–H groups in total. The summed E-state index contributed by atoms with van der Waals surface area (Å²) in [5, 5.41) is 7.71. The van der Waals surface area contributed by atoms with Gasteiger partial charge in [-0.3, -0.25) is 0 Å². The number of aromatic amines is 1. The molecule has 0 atom stereocenters. The normalized spacial score (nSPS) is 11.2. The first-order valence-electron chi connectivity index (χ1n) is 36.2. The van der Waals surface area contributed by atoms with Gasteiger partial charge in [0.15, 0.2) is 0 Å². The second-order valence-corrected chi connectivity index (χ2v) is 31.0. The standard InChI is InChI=1S/C37H27BrN2.C31H23BrN2.C31H22BrNS/c1-26-11-18-31(19-12-26)39(33-22-16-29(38)17-23-33)32-20-13-27(14-21-32)28-15-24-37-35(25-28)34-9-5-6-10-36(34)40(37)30-7-3-2-4-8-30;1-21-6-13-25(14-7-21)34(27-17-11-24(32)12-18-27)26-15-8-22(9-16-26)23-10-19-31-29(20-23)28-4-2-3-5-30(28)33-31;1-21-9-15-24(16-10-21)33(26-19-13-23(32)14-20-26)25-17-11-22(12-18-25)27-6-4-7-29-28-5-2-3-8-30(28)34-31(27)29/h2-25H,1H3;2-20,33H,1H3;2-20H,1H3. The van der Waals surface area contributed by atoms with Crippen molar-refractivity contribution in [1.82, 2.24) is 9.55 Å². The smallest absolute Gasteiger partial charge is 0.0541 e. The van der Waals surface area contributed by atoms with Crippen LogP contribution in [0.25, 0.3) is 103 Å². The van der Waals surface area contributed by atoms with Gasteiger partial charge in [-0.25, -0.2) is 0 Å². The molecule has 5 nitrogen and oxygen atoms in total. The summed E-state index contributed by atoms with van der Waals surface area (Å²) in [5.41, 5.74) is 27.2. The average molecular weight is 1600 g/mol. The molecule has 19 aromatic rings. The number of nitrogens with zero attached hydrogens (tertiary/aromatic N) is 4. The largest absolute Gasteiger partial charge is 0.355 e. The number of halogens is 3. The maximum atomic E-state index is 3.58. The fraction of sp³-hybridized carbons (Fsp3) is 0.0303. The third-order valence-electron chi connectivity index (χ3n) is 20.1. The number of nitrogens with one attached hydrogen (secondary N) is 1. The van der Waals surface area contributed by atoms with Gasteiger partial charge in [0.1, 0.15) is 0 Å². The van der Waals surface area contributed by atoms with Crippen LogP contribution in [0, 0.1) is 20.8 Å². The van der Waals surface area contributed by atoms with Crippen LogP contribution in [0.1, 0.15) is 16.7 Å². The van der Waals surface area contributed by atoms with Crippen molar-refractivity contribution < 1.29 is 0 Å². The molecule has 520 valence electrons. The summed E-state index contributed by atoms with van der Waals surface area (Å²) >= 11 is 12.6. The predicted molar refractivity (Wildman–Crippen MR) is 474 cm³/mol. The summed E-state index contributed by atoms with van der Waals surface area (Å²) < 4.78 is 8.26. The Balaban J connectivity index is 0.000000119. The van der Waals surface area contributed by atoms with Crippen molar-refractivity contribution in [3.63, 3.8) is 0 Å². The third-order valence-corrected chi connectivity index (χ3v) is 22.9. The quantitative estimate of drug-likeness (QED) is 0.125. The second-order valence-electron chi connectivity index (χ2n) is 27.2. The molecule has 3 aromatic heterocycles. The third kappa shape index (κ3) is 14.3. The van der Waals surface area contributed by atoms with Crippen LogP contribution < -0.4 is 14.7 Å². The number of benzene rings is 16. The molecule has 9 heteroatoms. The maximum absolute atomic E-state index is 3.58. The van der Waals surface area contributed by atoms with Crippen LogP contribution in [0.15, 0.2) is 390 Å². The molecule has 0 fully saturated rings. The van der Waals surface area contributed by atoms with E-state index >= 15 is 0 Å². The molecular weight excluding hydrogens is 1530 g/mol. The van der Waals surface area contributed by atoms with Crippen molar-refractivity contribution in [2.24, 2.45) is 0 Å². The van der Waals surface area contributed by atoms with Gasteiger partial charge in [0, 0.05) is 123 Å². The molecule has 0 radical (unpaired) electrons. The lowest BCUT2D eigenvalue weighted by molar-refractivity contribution is 1.18. The molecule has 19 rings (SSSR count). The minimum atomic E-state index is 1.07. The van der Waals surface area contributed by atoms with Crippen LogP contribution >= 0.6 is 59.1 Å². The van der Waals surface area contributed by atoms with E-state index in [0.29, 0.717) is 0 Å². The molecule has 108 heavy (non-hydrogen) atoms. The van der Waals surface area contributed by atoms with Gasteiger partial charge in [-0.1, -0.05) is 240 Å². The summed E-state index contributed by atoms with van der Waals surface area (Å²) in [4.78, 5) is 10.4. The number of H-pyrrole nitrogens is 1. The number of rotatable bonds is 13. The highest BCUT2D eigenvalue weighted by atomic mass is 79.9. The number of hydrogen-bond donors (Lipinski definition) is 1. The highest BCUT2D eigenvalue weighted by molar-refractivity contribution is 9.11. The van der Waals surface area contributed by atoms with Crippen molar-refractivity contribution in [2.45, 2.75) is 20.8 Å². The molecule has 0 saturated carbocycles. The van der Waals surface area contributed by atoms with Gasteiger partial charge >= 0.3 is 0 Å². The Kier molecular flexibility index (Phi) is 19.6. The molecule has 0 aliphatic rings. The molecule has 16 aromatic carbocycles. The SMILES string of the molecule is Cc1ccc(N(c2ccc(Br)cc2)c2ccc(-c3ccc4[nH]c5ccccc5c4c3)cc2)cc1.Cc1ccc(N(c2ccc(Br)cc2)c2ccc(-c3ccc4c(c3)c3ccccc3n4-c3ccccc3)cc2)cc1.Cc1ccc(N(c2ccc(Br)cc2)c2ccc(-c3cccc4c3sc3ccccc34)cc2)cc1. The Morgan fingerprint density at radius 3 is 1.10 bits per heavy atom. The van der Waals surface area contributed by atoms with E-state index in [0.717, 1.165) is 64.6 Å². The molecule has 0 aliphatic carbocycles. The van der Waals surface area contributed by atoms with E-state index in [9.17, 15) is 0 Å². The first kappa shape index (κ1) is 69.2. The highest BCUT2D eigenvalue weighted by Crippen LogP contribution is 2.45. The average Bonchev–Trinajstić information content (AvgIpc) is 1.60. The Bertz CT molecular complexity index is 6230. The molecule has 0 bridgehead atoms. The zero-order chi connectivity index (χ0) is 73.2. The number of fused-ring (bicyclic) bond motifs is 9. The van der Waals surface area contributed by atoms with Crippen LogP contribution in [0.2, 0.25) is 0 Å². The van der Waals surface area contributed by atoms with Crippen LogP contribution in [0.5, 0.6) is 0 Å². The maximum Gasteiger partial charge on any atom is 0.0541 e. The van der Waals surface area contributed by atoms with E-state index < -0.39 is 0 Å². The minimum Gasteiger partial charge on any atom is -0.355 e. The van der Waals surface area contributed by atoms with E-state index in [-0.39, 0.29) is 0 Å². The summed E-state index contributed by atoms with van der Waals surface area (Å²) in [6, 6.07) is 135. The zero-order valence-corrected chi connectivity index (χ0v) is 65.2. The molecule has 0 saturated heterocycles. The minimum absolute atomic E-state index is 1.07. The first-order chi connectivity index (χ1) is 53.0. The van der Waals surface area contributed by atoms with Gasteiger partial charge in [0.2, 0.25) is 0 Å². The first-order valence-corrected chi connectivity index (χ1v) is 39.4. The Labute approximate surface area is 658 Å². The van der Waals surface area contributed by atoms with Gasteiger partial charge in [-0.15, -0.1) is 11.3 Å². The van der Waals surface area contributed by atoms with E-state index in [1.165, 1.54) is 120 Å². The van der Waals surface area contributed by atoms with E-state index in [1.807, 2.05) is 11.3 Å². The Morgan fingerprint density at radius 1 is 0.259 bits per heavy atom.